The number of nitrogens with zero attached hydrogens (tertiary/aromatic N) is 3. The van der Waals surface area contributed by atoms with Crippen molar-refractivity contribution in [3.05, 3.63) is 10.6 Å². The Morgan fingerprint density at radius 3 is 2.69 bits per heavy atom. The van der Waals surface area contributed by atoms with Crippen LogP contribution in [-0.2, 0) is 0 Å². The number of aliphatic imine (C=N–C) groups is 1. The molecule has 0 unspecified atom stereocenters. The molecule has 13 heavy (non-hydrogen) atoms. The molecule has 0 bridgehead atoms. The molecule has 1 rings (SSSR count). The Hall–Kier alpha value is -1.01. The summed E-state index contributed by atoms with van der Waals surface area (Å²) >= 11 is 1.29. The second-order valence-corrected chi connectivity index (χ2v) is 3.66. The third kappa shape index (κ3) is 2.46. The van der Waals surface area contributed by atoms with Crippen molar-refractivity contribution < 1.29 is 0 Å². The van der Waals surface area contributed by atoms with Crippen LogP contribution in [0.1, 0.15) is 24.4 Å². The lowest BCUT2D eigenvalue weighted by molar-refractivity contribution is 0.821. The van der Waals surface area contributed by atoms with E-state index in [-0.39, 0.29) is 6.04 Å². The minimum Gasteiger partial charge on any atom is -0.307 e. The van der Waals surface area contributed by atoms with Crippen molar-refractivity contribution in [2.75, 3.05) is 0 Å². The molecule has 3 N–H and O–H groups in total. The lowest BCUT2D eigenvalue weighted by atomic mass is 10.3. The van der Waals surface area contributed by atoms with Crippen LogP contribution in [0.3, 0.4) is 0 Å². The van der Waals surface area contributed by atoms with E-state index in [1.54, 1.807) is 0 Å². The van der Waals surface area contributed by atoms with Crippen LogP contribution in [0.15, 0.2) is 4.99 Å². The van der Waals surface area contributed by atoms with Gasteiger partial charge in [0.25, 0.3) is 0 Å². The molecule has 0 aliphatic rings. The number of aromatic nitrogens is 2. The van der Waals surface area contributed by atoms with Crippen LogP contribution < -0.4 is 11.3 Å². The van der Waals surface area contributed by atoms with Gasteiger partial charge in [0.05, 0.1) is 5.69 Å². The first-order valence-electron chi connectivity index (χ1n) is 3.99. The van der Waals surface area contributed by atoms with Gasteiger partial charge in [-0.1, -0.05) is 4.49 Å². The van der Waals surface area contributed by atoms with Gasteiger partial charge >= 0.3 is 0 Å². The molecule has 72 valence electrons. The van der Waals surface area contributed by atoms with Gasteiger partial charge < -0.3 is 5.43 Å². The minimum absolute atomic E-state index is 0.201. The van der Waals surface area contributed by atoms with E-state index < -0.39 is 0 Å². The van der Waals surface area contributed by atoms with E-state index in [0.29, 0.717) is 5.84 Å². The van der Waals surface area contributed by atoms with Crippen molar-refractivity contribution in [1.82, 2.24) is 15.0 Å². The first-order valence-corrected chi connectivity index (χ1v) is 4.76. The van der Waals surface area contributed by atoms with E-state index in [2.05, 4.69) is 20.0 Å². The normalized spacial score (nSPS) is 12.2. The lowest BCUT2D eigenvalue weighted by Gasteiger charge is -2.04. The Labute approximate surface area is 81.2 Å². The number of amidine groups is 1. The molecular weight excluding hydrogens is 186 g/mol. The Morgan fingerprint density at radius 2 is 2.31 bits per heavy atom. The standard InChI is InChI=1S/C7H13N5S/c1-4(2)9-7(10-8)6-5(3)11-12-13-6/h4H,8H2,1-3H3,(H,9,10). The van der Waals surface area contributed by atoms with Crippen LogP contribution in [0.25, 0.3) is 0 Å². The molecule has 0 aliphatic heterocycles. The zero-order chi connectivity index (χ0) is 9.84. The van der Waals surface area contributed by atoms with Gasteiger partial charge in [0.2, 0.25) is 0 Å². The van der Waals surface area contributed by atoms with Gasteiger partial charge in [-0.3, -0.25) is 4.99 Å². The maximum Gasteiger partial charge on any atom is 0.156 e. The van der Waals surface area contributed by atoms with Crippen LogP contribution in [0.5, 0.6) is 0 Å². The highest BCUT2D eigenvalue weighted by molar-refractivity contribution is 7.08. The van der Waals surface area contributed by atoms with Gasteiger partial charge in [-0.05, 0) is 32.3 Å². The molecular formula is C7H13N5S. The van der Waals surface area contributed by atoms with E-state index in [4.69, 9.17) is 5.84 Å². The minimum atomic E-state index is 0.201. The number of hydrazine groups is 1. The maximum absolute atomic E-state index is 5.35. The summed E-state index contributed by atoms with van der Waals surface area (Å²) in [6.45, 7) is 5.86. The van der Waals surface area contributed by atoms with Gasteiger partial charge in [0.15, 0.2) is 5.84 Å². The van der Waals surface area contributed by atoms with Crippen molar-refractivity contribution in [2.45, 2.75) is 26.8 Å². The van der Waals surface area contributed by atoms with Crippen LogP contribution in [0, 0.1) is 6.92 Å². The molecule has 1 heterocycles. The molecule has 1 aromatic heterocycles. The second kappa shape index (κ2) is 4.29. The number of hydrogen-bond donors (Lipinski definition) is 2. The number of nitrogens with one attached hydrogen (secondary N) is 1. The zero-order valence-electron chi connectivity index (χ0n) is 7.90. The quantitative estimate of drug-likeness (QED) is 0.314. The summed E-state index contributed by atoms with van der Waals surface area (Å²) in [7, 11) is 0. The maximum atomic E-state index is 5.35. The smallest absolute Gasteiger partial charge is 0.156 e. The molecule has 0 saturated heterocycles. The molecule has 0 atom stereocenters. The van der Waals surface area contributed by atoms with Crippen LogP contribution in [0.4, 0.5) is 0 Å². The molecule has 0 aliphatic carbocycles. The summed E-state index contributed by atoms with van der Waals surface area (Å²) in [6.07, 6.45) is 0. The summed E-state index contributed by atoms with van der Waals surface area (Å²) in [5, 5.41) is 3.88. The molecule has 0 amide bonds. The predicted octanol–water partition coefficient (Wildman–Crippen LogP) is 0.465. The topological polar surface area (TPSA) is 76.2 Å². The summed E-state index contributed by atoms with van der Waals surface area (Å²) in [4.78, 5) is 5.21. The van der Waals surface area contributed by atoms with E-state index in [1.807, 2.05) is 20.8 Å². The Balaban J connectivity index is 2.97. The van der Waals surface area contributed by atoms with Crippen molar-refractivity contribution in [3.63, 3.8) is 0 Å². The highest BCUT2D eigenvalue weighted by Gasteiger charge is 2.09. The fourth-order valence-electron chi connectivity index (χ4n) is 0.868. The largest absolute Gasteiger partial charge is 0.307 e. The van der Waals surface area contributed by atoms with Crippen molar-refractivity contribution in [3.8, 4) is 0 Å². The van der Waals surface area contributed by atoms with Gasteiger partial charge in [-0.25, -0.2) is 5.84 Å². The average Bonchev–Trinajstić information content (AvgIpc) is 2.47. The Kier molecular flexibility index (Phi) is 3.32. The zero-order valence-corrected chi connectivity index (χ0v) is 8.72. The molecule has 1 aromatic rings. The van der Waals surface area contributed by atoms with Crippen molar-refractivity contribution in [2.24, 2.45) is 10.8 Å². The third-order valence-corrected chi connectivity index (χ3v) is 2.23. The molecule has 5 nitrogen and oxygen atoms in total. The summed E-state index contributed by atoms with van der Waals surface area (Å²) < 4.78 is 3.81. The van der Waals surface area contributed by atoms with Gasteiger partial charge in [0.1, 0.15) is 4.88 Å². The fraction of sp³-hybridized carbons (Fsp3) is 0.571. The number of rotatable bonds is 2. The number of nitrogens with two attached hydrogens (primary N) is 1. The van der Waals surface area contributed by atoms with E-state index >= 15 is 0 Å². The first-order chi connectivity index (χ1) is 6.15. The van der Waals surface area contributed by atoms with Gasteiger partial charge in [-0.15, -0.1) is 5.10 Å². The highest BCUT2D eigenvalue weighted by atomic mass is 32.1. The second-order valence-electron chi connectivity index (χ2n) is 2.90. The number of hydrogen-bond acceptors (Lipinski definition) is 5. The van der Waals surface area contributed by atoms with Crippen LogP contribution in [0.2, 0.25) is 0 Å². The van der Waals surface area contributed by atoms with E-state index in [1.165, 1.54) is 11.5 Å². The Morgan fingerprint density at radius 1 is 1.62 bits per heavy atom. The molecule has 0 radical (unpaired) electrons. The molecule has 0 saturated carbocycles. The lowest BCUT2D eigenvalue weighted by Crippen LogP contribution is -2.31. The molecule has 0 aromatic carbocycles. The summed E-state index contributed by atoms with van der Waals surface area (Å²) in [6, 6.07) is 0.201. The molecule has 0 spiro atoms. The predicted molar refractivity (Wildman–Crippen MR) is 53.6 cm³/mol. The van der Waals surface area contributed by atoms with E-state index in [0.717, 1.165) is 10.6 Å². The summed E-state index contributed by atoms with van der Waals surface area (Å²) in [5.41, 5.74) is 3.41. The van der Waals surface area contributed by atoms with Gasteiger partial charge in [0, 0.05) is 6.04 Å². The highest BCUT2D eigenvalue weighted by Crippen LogP contribution is 2.09. The number of aryl methyl sites for hydroxylation is 1. The van der Waals surface area contributed by atoms with Crippen molar-refractivity contribution in [1.29, 1.82) is 0 Å². The fourth-order valence-corrected chi connectivity index (χ4v) is 1.48. The van der Waals surface area contributed by atoms with Gasteiger partial charge in [-0.2, -0.15) is 0 Å². The summed E-state index contributed by atoms with van der Waals surface area (Å²) in [5.74, 6) is 6.01. The third-order valence-electron chi connectivity index (χ3n) is 1.39. The Bertz CT molecular complexity index is 304. The monoisotopic (exact) mass is 199 g/mol. The van der Waals surface area contributed by atoms with E-state index in [9.17, 15) is 0 Å². The SMILES string of the molecule is Cc1nnsc1C(=NC(C)C)NN. The first kappa shape index (κ1) is 10.1. The van der Waals surface area contributed by atoms with Crippen LogP contribution in [-0.4, -0.2) is 21.5 Å². The van der Waals surface area contributed by atoms with Crippen molar-refractivity contribution >= 4 is 17.4 Å². The van der Waals surface area contributed by atoms with Crippen LogP contribution >= 0.6 is 11.5 Å². The molecule has 0 fully saturated rings. The molecule has 6 heteroatoms. The average molecular weight is 199 g/mol.